The molecular formula is C12H15NO4. The van der Waals surface area contributed by atoms with Gasteiger partial charge >= 0.3 is 5.97 Å². The Morgan fingerprint density at radius 3 is 2.88 bits per heavy atom. The van der Waals surface area contributed by atoms with Crippen molar-refractivity contribution in [2.45, 2.75) is 19.8 Å². The lowest BCUT2D eigenvalue weighted by Gasteiger charge is -2.30. The van der Waals surface area contributed by atoms with Crippen LogP contribution in [0.2, 0.25) is 0 Å². The molecule has 5 heteroatoms. The number of carbonyl (C=O) groups is 2. The van der Waals surface area contributed by atoms with Crippen molar-refractivity contribution in [1.82, 2.24) is 4.90 Å². The highest BCUT2D eigenvalue weighted by atomic mass is 16.4. The summed E-state index contributed by atoms with van der Waals surface area (Å²) in [5.41, 5.74) is 0.785. The van der Waals surface area contributed by atoms with E-state index in [1.807, 2.05) is 0 Å². The predicted octanol–water partition coefficient (Wildman–Crippen LogP) is 1.52. The zero-order valence-electron chi connectivity index (χ0n) is 9.68. The van der Waals surface area contributed by atoms with Crippen LogP contribution < -0.4 is 0 Å². The predicted molar refractivity (Wildman–Crippen MR) is 59.7 cm³/mol. The molecule has 1 saturated heterocycles. The molecule has 2 rings (SSSR count). The molecule has 1 aliphatic rings. The molecule has 1 aromatic heterocycles. The topological polar surface area (TPSA) is 70.8 Å². The SMILES string of the molecule is Cc1ccoc1C(=O)N1CCCC(C(=O)O)C1. The van der Waals surface area contributed by atoms with Crippen molar-refractivity contribution in [1.29, 1.82) is 0 Å². The summed E-state index contributed by atoms with van der Waals surface area (Å²) < 4.78 is 5.14. The third-order valence-corrected chi connectivity index (χ3v) is 3.11. The van der Waals surface area contributed by atoms with E-state index in [0.717, 1.165) is 12.0 Å². The van der Waals surface area contributed by atoms with E-state index in [1.54, 1.807) is 17.9 Å². The molecule has 0 aliphatic carbocycles. The second-order valence-electron chi connectivity index (χ2n) is 4.36. The zero-order chi connectivity index (χ0) is 12.4. The summed E-state index contributed by atoms with van der Waals surface area (Å²) in [5, 5.41) is 8.96. The van der Waals surface area contributed by atoms with Crippen LogP contribution in [0.1, 0.15) is 29.0 Å². The molecule has 1 unspecified atom stereocenters. The Hall–Kier alpha value is -1.78. The van der Waals surface area contributed by atoms with Crippen LogP contribution in [-0.2, 0) is 4.79 Å². The van der Waals surface area contributed by atoms with Crippen molar-refractivity contribution in [2.75, 3.05) is 13.1 Å². The molecule has 17 heavy (non-hydrogen) atoms. The van der Waals surface area contributed by atoms with E-state index in [0.29, 0.717) is 18.7 Å². The number of piperidine rings is 1. The van der Waals surface area contributed by atoms with E-state index < -0.39 is 11.9 Å². The smallest absolute Gasteiger partial charge is 0.308 e. The number of hydrogen-bond donors (Lipinski definition) is 1. The highest BCUT2D eigenvalue weighted by Gasteiger charge is 2.30. The summed E-state index contributed by atoms with van der Waals surface area (Å²) in [6, 6.07) is 1.73. The number of furan rings is 1. The molecule has 0 saturated carbocycles. The first kappa shape index (κ1) is 11.7. The average Bonchev–Trinajstić information content (AvgIpc) is 2.74. The lowest BCUT2D eigenvalue weighted by atomic mass is 9.98. The Kier molecular flexibility index (Phi) is 3.17. The van der Waals surface area contributed by atoms with Gasteiger partial charge in [0.25, 0.3) is 5.91 Å². The number of amides is 1. The zero-order valence-corrected chi connectivity index (χ0v) is 9.68. The lowest BCUT2D eigenvalue weighted by molar-refractivity contribution is -0.143. The van der Waals surface area contributed by atoms with Crippen molar-refractivity contribution in [3.63, 3.8) is 0 Å². The van der Waals surface area contributed by atoms with Gasteiger partial charge in [0.05, 0.1) is 12.2 Å². The minimum Gasteiger partial charge on any atom is -0.481 e. The van der Waals surface area contributed by atoms with Gasteiger partial charge in [-0.1, -0.05) is 0 Å². The van der Waals surface area contributed by atoms with E-state index in [9.17, 15) is 9.59 Å². The first-order valence-corrected chi connectivity index (χ1v) is 5.65. The number of nitrogens with zero attached hydrogens (tertiary/aromatic N) is 1. The standard InChI is InChI=1S/C12H15NO4/c1-8-4-6-17-10(8)11(14)13-5-2-3-9(7-13)12(15)16/h4,6,9H,2-3,5,7H2,1H3,(H,15,16). The van der Waals surface area contributed by atoms with Gasteiger partial charge in [-0.25, -0.2) is 0 Å². The van der Waals surface area contributed by atoms with Gasteiger partial charge in [-0.15, -0.1) is 0 Å². The van der Waals surface area contributed by atoms with Gasteiger partial charge in [-0.05, 0) is 25.8 Å². The van der Waals surface area contributed by atoms with Crippen molar-refractivity contribution in [3.8, 4) is 0 Å². The molecule has 1 aromatic rings. The fourth-order valence-electron chi connectivity index (χ4n) is 2.10. The summed E-state index contributed by atoms with van der Waals surface area (Å²) in [5.74, 6) is -1.18. The number of likely N-dealkylation sites (tertiary alicyclic amines) is 1. The summed E-state index contributed by atoms with van der Waals surface area (Å²) in [6.45, 7) is 2.67. The molecule has 0 radical (unpaired) electrons. The van der Waals surface area contributed by atoms with Crippen molar-refractivity contribution in [2.24, 2.45) is 5.92 Å². The highest BCUT2D eigenvalue weighted by molar-refractivity contribution is 5.93. The maximum absolute atomic E-state index is 12.1. The maximum Gasteiger partial charge on any atom is 0.308 e. The average molecular weight is 237 g/mol. The van der Waals surface area contributed by atoms with Gasteiger partial charge in [0.2, 0.25) is 0 Å². The van der Waals surface area contributed by atoms with Crippen LogP contribution in [0.5, 0.6) is 0 Å². The van der Waals surface area contributed by atoms with E-state index >= 15 is 0 Å². The third kappa shape index (κ3) is 2.33. The molecule has 0 spiro atoms. The first-order valence-electron chi connectivity index (χ1n) is 5.65. The fraction of sp³-hybridized carbons (Fsp3) is 0.500. The Bertz CT molecular complexity index is 437. The summed E-state index contributed by atoms with van der Waals surface area (Å²) in [6.07, 6.45) is 2.83. The highest BCUT2D eigenvalue weighted by Crippen LogP contribution is 2.20. The number of carboxylic acids is 1. The maximum atomic E-state index is 12.1. The van der Waals surface area contributed by atoms with Crippen molar-refractivity contribution < 1.29 is 19.1 Å². The van der Waals surface area contributed by atoms with E-state index in [2.05, 4.69) is 0 Å². The molecule has 1 amide bonds. The van der Waals surface area contributed by atoms with Gasteiger partial charge < -0.3 is 14.4 Å². The first-order chi connectivity index (χ1) is 8.09. The molecule has 1 fully saturated rings. The molecule has 92 valence electrons. The number of aliphatic carboxylic acids is 1. The molecule has 5 nitrogen and oxygen atoms in total. The van der Waals surface area contributed by atoms with Gasteiger partial charge in [0.1, 0.15) is 0 Å². The van der Waals surface area contributed by atoms with Gasteiger partial charge in [-0.2, -0.15) is 0 Å². The van der Waals surface area contributed by atoms with Crippen molar-refractivity contribution >= 4 is 11.9 Å². The Morgan fingerprint density at radius 1 is 1.53 bits per heavy atom. The quantitative estimate of drug-likeness (QED) is 0.846. The Labute approximate surface area is 99.0 Å². The molecule has 1 aliphatic heterocycles. The number of aryl methyl sites for hydroxylation is 1. The van der Waals surface area contributed by atoms with Crippen LogP contribution in [0.15, 0.2) is 16.7 Å². The van der Waals surface area contributed by atoms with Gasteiger partial charge in [0.15, 0.2) is 5.76 Å². The van der Waals surface area contributed by atoms with Crippen molar-refractivity contribution in [3.05, 3.63) is 23.7 Å². The Morgan fingerprint density at radius 2 is 2.29 bits per heavy atom. The Balaban J connectivity index is 2.10. The van der Waals surface area contributed by atoms with Crippen LogP contribution >= 0.6 is 0 Å². The normalized spacial score (nSPS) is 20.3. The summed E-state index contributed by atoms with van der Waals surface area (Å²) >= 11 is 0. The van der Waals surface area contributed by atoms with E-state index in [4.69, 9.17) is 9.52 Å². The van der Waals surface area contributed by atoms with Crippen LogP contribution in [0.25, 0.3) is 0 Å². The molecule has 0 aromatic carbocycles. The monoisotopic (exact) mass is 237 g/mol. The van der Waals surface area contributed by atoms with Gasteiger partial charge in [-0.3, -0.25) is 9.59 Å². The van der Waals surface area contributed by atoms with Crippen LogP contribution in [0.4, 0.5) is 0 Å². The largest absolute Gasteiger partial charge is 0.481 e. The molecule has 0 bridgehead atoms. The minimum absolute atomic E-state index is 0.210. The van der Waals surface area contributed by atoms with Crippen LogP contribution in [0.3, 0.4) is 0 Å². The van der Waals surface area contributed by atoms with Gasteiger partial charge in [0, 0.05) is 18.7 Å². The molecule has 1 atom stereocenters. The number of carboxylic acid groups (broad SMARTS) is 1. The number of rotatable bonds is 2. The lowest BCUT2D eigenvalue weighted by Crippen LogP contribution is -2.42. The van der Waals surface area contributed by atoms with E-state index in [1.165, 1.54) is 6.26 Å². The van der Waals surface area contributed by atoms with Crippen LogP contribution in [-0.4, -0.2) is 35.0 Å². The molecular weight excluding hydrogens is 222 g/mol. The fourth-order valence-corrected chi connectivity index (χ4v) is 2.10. The summed E-state index contributed by atoms with van der Waals surface area (Å²) in [4.78, 5) is 24.6. The number of hydrogen-bond acceptors (Lipinski definition) is 3. The number of carbonyl (C=O) groups excluding carboxylic acids is 1. The second kappa shape index (κ2) is 4.61. The molecule has 2 heterocycles. The minimum atomic E-state index is -0.835. The van der Waals surface area contributed by atoms with E-state index in [-0.39, 0.29) is 12.5 Å². The van der Waals surface area contributed by atoms with Crippen LogP contribution in [0, 0.1) is 12.8 Å². The second-order valence-corrected chi connectivity index (χ2v) is 4.36. The summed E-state index contributed by atoms with van der Waals surface area (Å²) in [7, 11) is 0. The molecule has 1 N–H and O–H groups in total. The third-order valence-electron chi connectivity index (χ3n) is 3.11.